The molecule has 0 bridgehead atoms. The first-order valence-electron chi connectivity index (χ1n) is 5.78. The Morgan fingerprint density at radius 1 is 1.10 bits per heavy atom. The second-order valence-electron chi connectivity index (χ2n) is 4.00. The molecule has 0 radical (unpaired) electrons. The van der Waals surface area contributed by atoms with Gasteiger partial charge in [0.25, 0.3) is 5.91 Å². The largest absolute Gasteiger partial charge is 0.376 e. The van der Waals surface area contributed by atoms with Crippen LogP contribution in [-0.2, 0) is 0 Å². The summed E-state index contributed by atoms with van der Waals surface area (Å²) in [4.78, 5) is 12.0. The van der Waals surface area contributed by atoms with Crippen molar-refractivity contribution >= 4 is 50.5 Å². The normalized spacial score (nSPS) is 9.85. The molecule has 0 aromatic heterocycles. The van der Waals surface area contributed by atoms with E-state index >= 15 is 0 Å². The van der Waals surface area contributed by atoms with Gasteiger partial charge >= 0.3 is 0 Å². The van der Waals surface area contributed by atoms with Gasteiger partial charge in [0.15, 0.2) is 5.11 Å². The van der Waals surface area contributed by atoms with Crippen LogP contribution in [0.5, 0.6) is 0 Å². The molecule has 0 aliphatic rings. The summed E-state index contributed by atoms with van der Waals surface area (Å²) in [5, 5.41) is 5.85. The molecule has 6 heteroatoms. The van der Waals surface area contributed by atoms with Crippen LogP contribution in [0.4, 0.5) is 11.4 Å². The lowest BCUT2D eigenvalue weighted by Gasteiger charge is -2.10. The quantitative estimate of drug-likeness (QED) is 0.743. The van der Waals surface area contributed by atoms with Crippen molar-refractivity contribution in [3.05, 3.63) is 58.6 Å². The van der Waals surface area contributed by atoms with Gasteiger partial charge in [0.2, 0.25) is 0 Å². The molecule has 4 N–H and O–H groups in total. The van der Waals surface area contributed by atoms with Crippen molar-refractivity contribution in [1.82, 2.24) is 0 Å². The van der Waals surface area contributed by atoms with E-state index in [1.165, 1.54) is 0 Å². The van der Waals surface area contributed by atoms with Gasteiger partial charge in [-0.3, -0.25) is 4.79 Å². The van der Waals surface area contributed by atoms with Gasteiger partial charge in [-0.2, -0.15) is 0 Å². The van der Waals surface area contributed by atoms with E-state index in [1.807, 2.05) is 18.2 Å². The fourth-order valence-corrected chi connectivity index (χ4v) is 2.22. The second-order valence-corrected chi connectivity index (χ2v) is 5.30. The Balaban J connectivity index is 2.14. The van der Waals surface area contributed by atoms with Crippen molar-refractivity contribution in [3.63, 3.8) is 0 Å². The van der Waals surface area contributed by atoms with Crippen LogP contribution >= 0.6 is 28.1 Å². The van der Waals surface area contributed by atoms with Gasteiger partial charge in [-0.25, -0.2) is 0 Å². The lowest BCUT2D eigenvalue weighted by molar-refractivity contribution is 0.102. The number of anilines is 2. The van der Waals surface area contributed by atoms with Crippen LogP contribution in [0.25, 0.3) is 0 Å². The minimum atomic E-state index is -0.165. The van der Waals surface area contributed by atoms with E-state index < -0.39 is 0 Å². The monoisotopic (exact) mass is 349 g/mol. The van der Waals surface area contributed by atoms with Crippen LogP contribution in [0.15, 0.2) is 53.0 Å². The second kappa shape index (κ2) is 6.49. The van der Waals surface area contributed by atoms with E-state index in [4.69, 9.17) is 18.0 Å². The highest BCUT2D eigenvalue weighted by Crippen LogP contribution is 2.26. The smallest absolute Gasteiger partial charge is 0.255 e. The number of carbonyl (C=O) groups is 1. The van der Waals surface area contributed by atoms with Gasteiger partial charge in [-0.05, 0) is 58.5 Å². The van der Waals surface area contributed by atoms with Gasteiger partial charge < -0.3 is 16.4 Å². The van der Waals surface area contributed by atoms with Gasteiger partial charge in [-0.1, -0.05) is 18.2 Å². The van der Waals surface area contributed by atoms with Crippen molar-refractivity contribution in [2.75, 3.05) is 10.6 Å². The Bertz CT molecular complexity index is 646. The zero-order valence-electron chi connectivity index (χ0n) is 10.4. The lowest BCUT2D eigenvalue weighted by Crippen LogP contribution is -2.19. The number of carbonyl (C=O) groups excluding carboxylic acids is 1. The third-order valence-corrected chi connectivity index (χ3v) is 3.28. The number of hydrogen-bond acceptors (Lipinski definition) is 2. The SMILES string of the molecule is NC(=S)Nc1ccc(NC(=O)c2ccccc2)c(Br)c1. The summed E-state index contributed by atoms with van der Waals surface area (Å²) < 4.78 is 0.739. The van der Waals surface area contributed by atoms with Crippen molar-refractivity contribution in [1.29, 1.82) is 0 Å². The van der Waals surface area contributed by atoms with E-state index in [2.05, 4.69) is 26.6 Å². The summed E-state index contributed by atoms with van der Waals surface area (Å²) in [5.74, 6) is -0.165. The number of nitrogens with two attached hydrogens (primary N) is 1. The number of nitrogens with one attached hydrogen (secondary N) is 2. The molecular weight excluding hydrogens is 338 g/mol. The first-order valence-corrected chi connectivity index (χ1v) is 6.99. The molecule has 0 saturated heterocycles. The fourth-order valence-electron chi connectivity index (χ4n) is 1.62. The molecule has 0 aliphatic heterocycles. The van der Waals surface area contributed by atoms with Crippen molar-refractivity contribution in [2.45, 2.75) is 0 Å². The van der Waals surface area contributed by atoms with Crippen LogP contribution in [-0.4, -0.2) is 11.0 Å². The Hall–Kier alpha value is -1.92. The van der Waals surface area contributed by atoms with Crippen LogP contribution < -0.4 is 16.4 Å². The third kappa shape index (κ3) is 3.79. The molecule has 0 unspecified atom stereocenters. The molecule has 0 saturated carbocycles. The van der Waals surface area contributed by atoms with Gasteiger partial charge in [0.05, 0.1) is 5.69 Å². The molecule has 102 valence electrons. The molecule has 1 amide bonds. The van der Waals surface area contributed by atoms with Crippen molar-refractivity contribution in [2.24, 2.45) is 5.73 Å². The molecule has 2 aromatic rings. The van der Waals surface area contributed by atoms with E-state index in [0.29, 0.717) is 11.3 Å². The standard InChI is InChI=1S/C14H12BrN3OS/c15-11-8-10(17-14(16)20)6-7-12(11)18-13(19)9-4-2-1-3-5-9/h1-8H,(H,18,19)(H3,16,17,20). The summed E-state index contributed by atoms with van der Waals surface area (Å²) in [6.45, 7) is 0. The zero-order valence-corrected chi connectivity index (χ0v) is 12.8. The van der Waals surface area contributed by atoms with E-state index in [-0.39, 0.29) is 11.0 Å². The first kappa shape index (κ1) is 14.5. The third-order valence-electron chi connectivity index (χ3n) is 2.52. The highest BCUT2D eigenvalue weighted by Gasteiger charge is 2.08. The number of amides is 1. The van der Waals surface area contributed by atoms with Gasteiger partial charge in [-0.15, -0.1) is 0 Å². The average Bonchev–Trinajstić information content (AvgIpc) is 2.42. The highest BCUT2D eigenvalue weighted by atomic mass is 79.9. The molecule has 20 heavy (non-hydrogen) atoms. The average molecular weight is 350 g/mol. The van der Waals surface area contributed by atoms with Gasteiger partial charge in [0.1, 0.15) is 0 Å². The van der Waals surface area contributed by atoms with Crippen LogP contribution in [0, 0.1) is 0 Å². The number of halogens is 1. The molecule has 0 heterocycles. The minimum absolute atomic E-state index is 0.165. The van der Waals surface area contributed by atoms with Gasteiger partial charge in [0, 0.05) is 15.7 Å². The maximum Gasteiger partial charge on any atom is 0.255 e. The molecule has 2 rings (SSSR count). The fraction of sp³-hybridized carbons (Fsp3) is 0. The Morgan fingerprint density at radius 2 is 1.80 bits per heavy atom. The molecule has 2 aromatic carbocycles. The Labute approximate surface area is 130 Å². The molecule has 4 nitrogen and oxygen atoms in total. The Morgan fingerprint density at radius 3 is 2.40 bits per heavy atom. The van der Waals surface area contributed by atoms with E-state index in [0.717, 1.165) is 10.2 Å². The minimum Gasteiger partial charge on any atom is -0.376 e. The first-order chi connectivity index (χ1) is 9.56. The molecular formula is C14H12BrN3OS. The lowest BCUT2D eigenvalue weighted by atomic mass is 10.2. The van der Waals surface area contributed by atoms with Crippen molar-refractivity contribution in [3.8, 4) is 0 Å². The number of rotatable bonds is 3. The molecule has 0 spiro atoms. The summed E-state index contributed by atoms with van der Waals surface area (Å²) in [6.07, 6.45) is 0. The maximum atomic E-state index is 12.0. The predicted octanol–water partition coefficient (Wildman–Crippen LogP) is 3.36. The maximum absolute atomic E-state index is 12.0. The number of hydrogen-bond donors (Lipinski definition) is 3. The summed E-state index contributed by atoms with van der Waals surface area (Å²) in [7, 11) is 0. The van der Waals surface area contributed by atoms with Crippen LogP contribution in [0.1, 0.15) is 10.4 Å². The summed E-state index contributed by atoms with van der Waals surface area (Å²) in [5.41, 5.74) is 7.43. The topological polar surface area (TPSA) is 67.2 Å². The van der Waals surface area contributed by atoms with E-state index in [1.54, 1.807) is 30.3 Å². The highest BCUT2D eigenvalue weighted by molar-refractivity contribution is 9.10. The predicted molar refractivity (Wildman–Crippen MR) is 88.9 cm³/mol. The van der Waals surface area contributed by atoms with Crippen LogP contribution in [0.3, 0.4) is 0 Å². The summed E-state index contributed by atoms with van der Waals surface area (Å²) >= 11 is 8.17. The van der Waals surface area contributed by atoms with E-state index in [9.17, 15) is 4.79 Å². The number of benzene rings is 2. The molecule has 0 fully saturated rings. The molecule has 0 atom stereocenters. The Kier molecular flexibility index (Phi) is 4.70. The molecule has 0 aliphatic carbocycles. The summed E-state index contributed by atoms with van der Waals surface area (Å²) in [6, 6.07) is 14.4. The zero-order chi connectivity index (χ0) is 14.5. The van der Waals surface area contributed by atoms with Crippen LogP contribution in [0.2, 0.25) is 0 Å². The van der Waals surface area contributed by atoms with Crippen molar-refractivity contribution < 1.29 is 4.79 Å². The number of thiocarbonyl (C=S) groups is 1.